The standard InChI is InChI=1S/C14H25N/c1-6-8-10-13(9-7-2)11-14(15-5)12(3)4/h6,8,10,14-15H,3,7,9,11H2,1-2,4-5H3/b8-6-,13-10+. The van der Waals surface area contributed by atoms with Crippen LogP contribution in [0.3, 0.4) is 0 Å². The van der Waals surface area contributed by atoms with E-state index in [2.05, 4.69) is 44.0 Å². The van der Waals surface area contributed by atoms with Crippen molar-refractivity contribution in [3.05, 3.63) is 36.0 Å². The Bertz CT molecular complexity index is 236. The second kappa shape index (κ2) is 8.49. The maximum Gasteiger partial charge on any atom is 0.0308 e. The van der Waals surface area contributed by atoms with Crippen molar-refractivity contribution in [3.63, 3.8) is 0 Å². The molecule has 0 aliphatic carbocycles. The molecule has 0 rings (SSSR count). The molecule has 0 saturated carbocycles. The molecule has 15 heavy (non-hydrogen) atoms. The third kappa shape index (κ3) is 6.29. The van der Waals surface area contributed by atoms with Crippen LogP contribution in [0.4, 0.5) is 0 Å². The molecule has 0 fully saturated rings. The van der Waals surface area contributed by atoms with Gasteiger partial charge in [-0.05, 0) is 33.7 Å². The van der Waals surface area contributed by atoms with Crippen LogP contribution in [0, 0.1) is 0 Å². The molecule has 0 aromatic carbocycles. The molecule has 1 N–H and O–H groups in total. The average Bonchev–Trinajstić information content (AvgIpc) is 2.21. The van der Waals surface area contributed by atoms with Crippen LogP contribution in [0.25, 0.3) is 0 Å². The van der Waals surface area contributed by atoms with Gasteiger partial charge in [-0.3, -0.25) is 0 Å². The fourth-order valence-corrected chi connectivity index (χ4v) is 1.59. The molecular formula is C14H25N. The molecule has 0 bridgehead atoms. The first-order chi connectivity index (χ1) is 7.15. The number of nitrogens with one attached hydrogen (secondary N) is 1. The summed E-state index contributed by atoms with van der Waals surface area (Å²) in [6.45, 7) is 10.4. The van der Waals surface area contributed by atoms with Gasteiger partial charge in [-0.1, -0.05) is 49.3 Å². The van der Waals surface area contributed by atoms with Crippen LogP contribution < -0.4 is 5.32 Å². The van der Waals surface area contributed by atoms with Crippen molar-refractivity contribution in [2.75, 3.05) is 7.05 Å². The molecular weight excluding hydrogens is 182 g/mol. The van der Waals surface area contributed by atoms with Crippen LogP contribution in [-0.2, 0) is 0 Å². The fourth-order valence-electron chi connectivity index (χ4n) is 1.59. The lowest BCUT2D eigenvalue weighted by molar-refractivity contribution is 0.616. The van der Waals surface area contributed by atoms with Crippen molar-refractivity contribution in [2.45, 2.75) is 46.1 Å². The van der Waals surface area contributed by atoms with Crippen LogP contribution in [0.2, 0.25) is 0 Å². The van der Waals surface area contributed by atoms with E-state index in [1.807, 2.05) is 14.0 Å². The van der Waals surface area contributed by atoms with Gasteiger partial charge in [0.15, 0.2) is 0 Å². The van der Waals surface area contributed by atoms with E-state index in [9.17, 15) is 0 Å². The van der Waals surface area contributed by atoms with Gasteiger partial charge >= 0.3 is 0 Å². The number of likely N-dealkylation sites (N-methyl/N-ethyl adjacent to an activating group) is 1. The fraction of sp³-hybridized carbons (Fsp3) is 0.571. The summed E-state index contributed by atoms with van der Waals surface area (Å²) in [5.41, 5.74) is 2.71. The molecule has 0 radical (unpaired) electrons. The first kappa shape index (κ1) is 14.2. The second-order valence-corrected chi connectivity index (χ2v) is 3.99. The van der Waals surface area contributed by atoms with E-state index in [0.29, 0.717) is 6.04 Å². The smallest absolute Gasteiger partial charge is 0.0308 e. The lowest BCUT2D eigenvalue weighted by atomic mass is 9.97. The third-order valence-corrected chi connectivity index (χ3v) is 2.51. The van der Waals surface area contributed by atoms with Crippen molar-refractivity contribution < 1.29 is 0 Å². The molecule has 0 amide bonds. The second-order valence-electron chi connectivity index (χ2n) is 3.99. The quantitative estimate of drug-likeness (QED) is 0.494. The lowest BCUT2D eigenvalue weighted by Gasteiger charge is -2.17. The Morgan fingerprint density at radius 1 is 1.47 bits per heavy atom. The molecule has 1 unspecified atom stereocenters. The maximum absolute atomic E-state index is 4.01. The molecule has 86 valence electrons. The van der Waals surface area contributed by atoms with E-state index < -0.39 is 0 Å². The van der Waals surface area contributed by atoms with E-state index in [1.165, 1.54) is 24.0 Å². The highest BCUT2D eigenvalue weighted by Crippen LogP contribution is 2.16. The number of allylic oxidation sites excluding steroid dienone is 3. The van der Waals surface area contributed by atoms with Crippen LogP contribution in [0.15, 0.2) is 36.0 Å². The molecule has 0 aromatic heterocycles. The zero-order chi connectivity index (χ0) is 11.7. The average molecular weight is 207 g/mol. The van der Waals surface area contributed by atoms with E-state index in [4.69, 9.17) is 0 Å². The predicted molar refractivity (Wildman–Crippen MR) is 70.1 cm³/mol. The Labute approximate surface area is 95.0 Å². The summed E-state index contributed by atoms with van der Waals surface area (Å²) in [6, 6.07) is 0.410. The molecule has 0 heterocycles. The van der Waals surface area contributed by atoms with Crippen molar-refractivity contribution in [2.24, 2.45) is 0 Å². The van der Waals surface area contributed by atoms with Crippen LogP contribution in [-0.4, -0.2) is 13.1 Å². The maximum atomic E-state index is 4.01. The number of rotatable bonds is 7. The topological polar surface area (TPSA) is 12.0 Å². The molecule has 0 aromatic rings. The van der Waals surface area contributed by atoms with Gasteiger partial charge in [0.25, 0.3) is 0 Å². The van der Waals surface area contributed by atoms with Crippen LogP contribution >= 0.6 is 0 Å². The summed E-state index contributed by atoms with van der Waals surface area (Å²) < 4.78 is 0. The Hall–Kier alpha value is -0.820. The molecule has 0 saturated heterocycles. The summed E-state index contributed by atoms with van der Waals surface area (Å²) in [5, 5.41) is 3.30. The number of hydrogen-bond donors (Lipinski definition) is 1. The zero-order valence-corrected chi connectivity index (χ0v) is 10.6. The summed E-state index contributed by atoms with van der Waals surface area (Å²) >= 11 is 0. The van der Waals surface area contributed by atoms with Crippen LogP contribution in [0.1, 0.15) is 40.0 Å². The van der Waals surface area contributed by atoms with Gasteiger partial charge in [0.05, 0.1) is 0 Å². The van der Waals surface area contributed by atoms with E-state index in [1.54, 1.807) is 0 Å². The minimum absolute atomic E-state index is 0.410. The van der Waals surface area contributed by atoms with Gasteiger partial charge in [-0.25, -0.2) is 0 Å². The Morgan fingerprint density at radius 3 is 2.53 bits per heavy atom. The SMILES string of the molecule is C=C(C)C(C/C(=C/C=C\C)CCC)NC. The van der Waals surface area contributed by atoms with Gasteiger partial charge < -0.3 is 5.32 Å². The molecule has 1 nitrogen and oxygen atoms in total. The van der Waals surface area contributed by atoms with Gasteiger partial charge in [-0.2, -0.15) is 0 Å². The predicted octanol–water partition coefficient (Wildman–Crippen LogP) is 3.84. The monoisotopic (exact) mass is 207 g/mol. The first-order valence-electron chi connectivity index (χ1n) is 5.79. The largest absolute Gasteiger partial charge is 0.313 e. The van der Waals surface area contributed by atoms with Crippen molar-refractivity contribution in [1.82, 2.24) is 5.32 Å². The normalized spacial score (nSPS) is 14.5. The van der Waals surface area contributed by atoms with Crippen molar-refractivity contribution in [3.8, 4) is 0 Å². The molecule has 0 aliphatic rings. The lowest BCUT2D eigenvalue weighted by Crippen LogP contribution is -2.26. The highest BCUT2D eigenvalue weighted by atomic mass is 14.9. The zero-order valence-electron chi connectivity index (χ0n) is 10.6. The molecule has 0 aliphatic heterocycles. The van der Waals surface area contributed by atoms with Gasteiger partial charge in [0.1, 0.15) is 0 Å². The highest BCUT2D eigenvalue weighted by molar-refractivity contribution is 5.17. The van der Waals surface area contributed by atoms with Gasteiger partial charge in [-0.15, -0.1) is 0 Å². The molecule has 1 heteroatoms. The van der Waals surface area contributed by atoms with Crippen LogP contribution in [0.5, 0.6) is 0 Å². The minimum atomic E-state index is 0.410. The van der Waals surface area contributed by atoms with Crippen molar-refractivity contribution in [1.29, 1.82) is 0 Å². The summed E-state index contributed by atoms with van der Waals surface area (Å²) in [5.74, 6) is 0. The molecule has 0 spiro atoms. The summed E-state index contributed by atoms with van der Waals surface area (Å²) in [6.07, 6.45) is 9.88. The first-order valence-corrected chi connectivity index (χ1v) is 5.79. The van der Waals surface area contributed by atoms with Gasteiger partial charge in [0.2, 0.25) is 0 Å². The minimum Gasteiger partial charge on any atom is -0.313 e. The summed E-state index contributed by atoms with van der Waals surface area (Å²) in [7, 11) is 2.00. The summed E-state index contributed by atoms with van der Waals surface area (Å²) in [4.78, 5) is 0. The third-order valence-electron chi connectivity index (χ3n) is 2.51. The molecule has 1 atom stereocenters. The Morgan fingerprint density at radius 2 is 2.13 bits per heavy atom. The van der Waals surface area contributed by atoms with E-state index in [-0.39, 0.29) is 0 Å². The number of hydrogen-bond acceptors (Lipinski definition) is 1. The Kier molecular flexibility index (Phi) is 8.02. The van der Waals surface area contributed by atoms with E-state index in [0.717, 1.165) is 6.42 Å². The van der Waals surface area contributed by atoms with Crippen molar-refractivity contribution >= 4 is 0 Å². The van der Waals surface area contributed by atoms with E-state index >= 15 is 0 Å². The Balaban J connectivity index is 4.44. The highest BCUT2D eigenvalue weighted by Gasteiger charge is 2.08. The van der Waals surface area contributed by atoms with Gasteiger partial charge in [0, 0.05) is 6.04 Å².